The van der Waals surface area contributed by atoms with Crippen LogP contribution in [0.5, 0.6) is 0 Å². The van der Waals surface area contributed by atoms with Crippen LogP contribution in [0.1, 0.15) is 13.8 Å². The van der Waals surface area contributed by atoms with Gasteiger partial charge in [0.1, 0.15) is 5.82 Å². The second-order valence-electron chi connectivity index (χ2n) is 4.98. The lowest BCUT2D eigenvalue weighted by Gasteiger charge is -2.25. The van der Waals surface area contributed by atoms with Crippen molar-refractivity contribution in [2.45, 2.75) is 13.8 Å². The van der Waals surface area contributed by atoms with Crippen molar-refractivity contribution in [1.29, 1.82) is 0 Å². The molecule has 2 heterocycles. The fourth-order valence-electron chi connectivity index (χ4n) is 2.07. The Morgan fingerprint density at radius 1 is 1.47 bits per heavy atom. The monoisotopic (exact) mass is 263 g/mol. The van der Waals surface area contributed by atoms with Gasteiger partial charge in [0.25, 0.3) is 0 Å². The van der Waals surface area contributed by atoms with E-state index in [0.29, 0.717) is 18.3 Å². The first-order valence-electron chi connectivity index (χ1n) is 6.45. The summed E-state index contributed by atoms with van der Waals surface area (Å²) in [5.41, 5.74) is 6.69. The number of nitrogens with two attached hydrogens (primary N) is 1. The van der Waals surface area contributed by atoms with Gasteiger partial charge < -0.3 is 19.8 Å². The topological polar surface area (TPSA) is 68.7 Å². The van der Waals surface area contributed by atoms with Crippen molar-refractivity contribution in [3.63, 3.8) is 0 Å². The zero-order chi connectivity index (χ0) is 13.8. The van der Waals surface area contributed by atoms with Gasteiger partial charge in [0.05, 0.1) is 12.8 Å². The maximum absolute atomic E-state index is 5.86. The minimum atomic E-state index is 0.492. The molecule has 0 unspecified atom stereocenters. The average Bonchev–Trinajstić information content (AvgIpc) is 2.80. The maximum atomic E-state index is 5.86. The van der Waals surface area contributed by atoms with E-state index in [1.165, 1.54) is 0 Å². The molecule has 0 saturated carbocycles. The third-order valence-corrected chi connectivity index (χ3v) is 2.83. The van der Waals surface area contributed by atoms with Crippen molar-refractivity contribution >= 4 is 17.3 Å². The van der Waals surface area contributed by atoms with E-state index >= 15 is 0 Å². The fourth-order valence-corrected chi connectivity index (χ4v) is 2.07. The lowest BCUT2D eigenvalue weighted by molar-refractivity contribution is 0.204. The third-order valence-electron chi connectivity index (χ3n) is 2.83. The van der Waals surface area contributed by atoms with E-state index in [2.05, 4.69) is 28.7 Å². The molecule has 2 aromatic rings. The van der Waals surface area contributed by atoms with Crippen LogP contribution in [-0.2, 0) is 4.74 Å². The van der Waals surface area contributed by atoms with E-state index in [4.69, 9.17) is 10.5 Å². The Bertz CT molecular complexity index is 537. The van der Waals surface area contributed by atoms with Crippen LogP contribution in [0.4, 0.5) is 11.6 Å². The molecule has 0 aliphatic rings. The highest BCUT2D eigenvalue weighted by Crippen LogP contribution is 2.20. The van der Waals surface area contributed by atoms with Gasteiger partial charge in [-0.1, -0.05) is 13.8 Å². The molecule has 6 heteroatoms. The number of methoxy groups -OCH3 is 1. The molecule has 2 N–H and O–H groups in total. The van der Waals surface area contributed by atoms with Crippen molar-refractivity contribution in [2.24, 2.45) is 5.92 Å². The summed E-state index contributed by atoms with van der Waals surface area (Å²) in [6.45, 7) is 6.66. The van der Waals surface area contributed by atoms with Crippen LogP contribution in [0.15, 0.2) is 18.6 Å². The molecule has 0 aliphatic carbocycles. The van der Waals surface area contributed by atoms with Crippen LogP contribution in [0.3, 0.4) is 0 Å². The number of hydrogen-bond donors (Lipinski definition) is 1. The van der Waals surface area contributed by atoms with Gasteiger partial charge >= 0.3 is 0 Å². The van der Waals surface area contributed by atoms with Gasteiger partial charge in [-0.3, -0.25) is 0 Å². The van der Waals surface area contributed by atoms with Gasteiger partial charge in [-0.25, -0.2) is 9.97 Å². The largest absolute Gasteiger partial charge is 0.383 e. The number of nitrogen functional groups attached to an aromatic ring is 1. The van der Waals surface area contributed by atoms with Crippen molar-refractivity contribution < 1.29 is 4.74 Å². The van der Waals surface area contributed by atoms with Crippen molar-refractivity contribution in [3.05, 3.63) is 18.6 Å². The molecule has 0 saturated heterocycles. The molecule has 2 rings (SSSR count). The molecule has 0 spiro atoms. The summed E-state index contributed by atoms with van der Waals surface area (Å²) in [7, 11) is 1.70. The van der Waals surface area contributed by atoms with E-state index in [1.54, 1.807) is 19.5 Å². The number of aromatic nitrogens is 3. The van der Waals surface area contributed by atoms with Crippen molar-refractivity contribution in [1.82, 2.24) is 14.4 Å². The summed E-state index contributed by atoms with van der Waals surface area (Å²) in [5, 5.41) is 0. The smallest absolute Gasteiger partial charge is 0.180 e. The summed E-state index contributed by atoms with van der Waals surface area (Å²) in [5.74, 6) is 1.83. The van der Waals surface area contributed by atoms with Gasteiger partial charge in [0.2, 0.25) is 0 Å². The second kappa shape index (κ2) is 5.88. The average molecular weight is 263 g/mol. The van der Waals surface area contributed by atoms with Gasteiger partial charge in [-0.15, -0.1) is 0 Å². The van der Waals surface area contributed by atoms with Gasteiger partial charge in [-0.2, -0.15) is 0 Å². The Labute approximate surface area is 113 Å². The number of nitrogens with zero attached hydrogens (tertiary/aromatic N) is 4. The van der Waals surface area contributed by atoms with Crippen LogP contribution < -0.4 is 10.6 Å². The van der Waals surface area contributed by atoms with E-state index in [1.807, 2.05) is 10.6 Å². The quantitative estimate of drug-likeness (QED) is 0.853. The standard InChI is InChI=1S/C13H21N5O/c1-10(2)8-18(6-7-19-3)13-12-15-4-5-17(12)9-11(14)16-13/h4-5,9-10H,6-8,14H2,1-3H3. The van der Waals surface area contributed by atoms with E-state index in [0.717, 1.165) is 24.6 Å². The van der Waals surface area contributed by atoms with Crippen LogP contribution in [-0.4, -0.2) is 41.2 Å². The number of fused-ring (bicyclic) bond motifs is 1. The highest BCUT2D eigenvalue weighted by Gasteiger charge is 2.15. The summed E-state index contributed by atoms with van der Waals surface area (Å²) in [6, 6.07) is 0. The molecule has 0 atom stereocenters. The fraction of sp³-hybridized carbons (Fsp3) is 0.538. The molecule has 6 nitrogen and oxygen atoms in total. The zero-order valence-electron chi connectivity index (χ0n) is 11.7. The summed E-state index contributed by atoms with van der Waals surface area (Å²) in [4.78, 5) is 11.0. The normalized spacial score (nSPS) is 11.4. The first-order chi connectivity index (χ1) is 9.11. The molecular weight excluding hydrogens is 242 g/mol. The summed E-state index contributed by atoms with van der Waals surface area (Å²) < 4.78 is 7.07. The molecule has 19 heavy (non-hydrogen) atoms. The van der Waals surface area contributed by atoms with E-state index < -0.39 is 0 Å². The van der Waals surface area contributed by atoms with Crippen LogP contribution in [0, 0.1) is 5.92 Å². The number of imidazole rings is 1. The Hall–Kier alpha value is -1.82. The molecule has 0 radical (unpaired) electrons. The molecule has 0 fully saturated rings. The van der Waals surface area contributed by atoms with Crippen LogP contribution >= 0.6 is 0 Å². The Morgan fingerprint density at radius 3 is 2.95 bits per heavy atom. The number of ether oxygens (including phenoxy) is 1. The highest BCUT2D eigenvalue weighted by molar-refractivity contribution is 5.66. The number of rotatable bonds is 6. The molecular formula is C13H21N5O. The first kappa shape index (κ1) is 13.6. The van der Waals surface area contributed by atoms with Crippen molar-refractivity contribution in [2.75, 3.05) is 37.4 Å². The van der Waals surface area contributed by atoms with Crippen LogP contribution in [0.2, 0.25) is 0 Å². The molecule has 0 bridgehead atoms. The van der Waals surface area contributed by atoms with Gasteiger partial charge in [0.15, 0.2) is 11.5 Å². The Morgan fingerprint density at radius 2 is 2.26 bits per heavy atom. The Balaban J connectivity index is 2.38. The molecule has 0 aliphatic heterocycles. The lowest BCUT2D eigenvalue weighted by atomic mass is 10.2. The Kier molecular flexibility index (Phi) is 4.21. The lowest BCUT2D eigenvalue weighted by Crippen LogP contribution is -2.32. The predicted octanol–water partition coefficient (Wildman–Crippen LogP) is 1.42. The highest BCUT2D eigenvalue weighted by atomic mass is 16.5. The zero-order valence-corrected chi connectivity index (χ0v) is 11.7. The number of hydrogen-bond acceptors (Lipinski definition) is 5. The molecule has 0 amide bonds. The van der Waals surface area contributed by atoms with Gasteiger partial charge in [0, 0.05) is 32.6 Å². The maximum Gasteiger partial charge on any atom is 0.180 e. The second-order valence-corrected chi connectivity index (χ2v) is 4.98. The molecule has 104 valence electrons. The predicted molar refractivity (Wildman–Crippen MR) is 76.3 cm³/mol. The summed E-state index contributed by atoms with van der Waals surface area (Å²) >= 11 is 0. The number of anilines is 2. The SMILES string of the molecule is COCCN(CC(C)C)c1nc(N)cn2ccnc12. The first-order valence-corrected chi connectivity index (χ1v) is 6.45. The van der Waals surface area contributed by atoms with Crippen LogP contribution in [0.25, 0.3) is 5.65 Å². The van der Waals surface area contributed by atoms with E-state index in [-0.39, 0.29) is 0 Å². The van der Waals surface area contributed by atoms with E-state index in [9.17, 15) is 0 Å². The van der Waals surface area contributed by atoms with Crippen molar-refractivity contribution in [3.8, 4) is 0 Å². The third kappa shape index (κ3) is 3.14. The minimum absolute atomic E-state index is 0.492. The van der Waals surface area contributed by atoms with Gasteiger partial charge in [-0.05, 0) is 5.92 Å². The molecule has 0 aromatic carbocycles. The minimum Gasteiger partial charge on any atom is -0.383 e. The molecule has 2 aromatic heterocycles. The summed E-state index contributed by atoms with van der Waals surface area (Å²) in [6.07, 6.45) is 5.40.